The van der Waals surface area contributed by atoms with Crippen LogP contribution in [0.3, 0.4) is 0 Å². The highest BCUT2D eigenvalue weighted by atomic mass is 16.5. The molecule has 4 amide bonds. The lowest BCUT2D eigenvalue weighted by molar-refractivity contribution is -0.133. The second-order valence-corrected chi connectivity index (χ2v) is 8.98. The zero-order valence-electron chi connectivity index (χ0n) is 20.3. The number of rotatable bonds is 5. The minimum atomic E-state index is -0.403. The van der Waals surface area contributed by atoms with Crippen molar-refractivity contribution in [1.29, 1.82) is 0 Å². The summed E-state index contributed by atoms with van der Waals surface area (Å²) >= 11 is 0. The fourth-order valence-corrected chi connectivity index (χ4v) is 4.51. The number of hydrogen-bond acceptors (Lipinski definition) is 5. The zero-order chi connectivity index (χ0) is 24.9. The van der Waals surface area contributed by atoms with Crippen molar-refractivity contribution in [2.45, 2.75) is 51.4 Å². The second-order valence-electron chi connectivity index (χ2n) is 8.98. The molecule has 0 aliphatic carbocycles. The monoisotopic (exact) mass is 480 g/mol. The van der Waals surface area contributed by atoms with Crippen LogP contribution in [0.1, 0.15) is 42.1 Å². The third-order valence-electron chi connectivity index (χ3n) is 6.37. The Labute approximate surface area is 205 Å². The molecule has 4 rings (SSSR count). The van der Waals surface area contributed by atoms with Crippen LogP contribution >= 0.6 is 0 Å². The molecule has 2 aliphatic rings. The van der Waals surface area contributed by atoms with Gasteiger partial charge in [0.15, 0.2) is 0 Å². The van der Waals surface area contributed by atoms with E-state index in [2.05, 4.69) is 16.0 Å². The third-order valence-corrected chi connectivity index (χ3v) is 6.37. The molecule has 2 aromatic carbocycles. The van der Waals surface area contributed by atoms with Crippen LogP contribution in [0.25, 0.3) is 0 Å². The topological polar surface area (TPSA) is 109 Å². The maximum absolute atomic E-state index is 13.3. The highest BCUT2D eigenvalue weighted by Crippen LogP contribution is 2.32. The van der Waals surface area contributed by atoms with Gasteiger partial charge in [0.2, 0.25) is 5.91 Å². The van der Waals surface area contributed by atoms with Gasteiger partial charge in [-0.1, -0.05) is 17.7 Å². The average Bonchev–Trinajstić information content (AvgIpc) is 2.83. The minimum Gasteiger partial charge on any atom is -0.490 e. The van der Waals surface area contributed by atoms with Crippen LogP contribution in [0, 0.1) is 6.92 Å². The van der Waals surface area contributed by atoms with Gasteiger partial charge >= 0.3 is 6.03 Å². The maximum Gasteiger partial charge on any atom is 0.323 e. The molecule has 3 atom stereocenters. The van der Waals surface area contributed by atoms with Crippen molar-refractivity contribution < 1.29 is 23.9 Å². The highest BCUT2D eigenvalue weighted by molar-refractivity contribution is 6.02. The first-order valence-corrected chi connectivity index (χ1v) is 11.9. The highest BCUT2D eigenvalue weighted by Gasteiger charge is 2.39. The fraction of sp³-hybridized carbons (Fsp3) is 0.423. The fourth-order valence-electron chi connectivity index (χ4n) is 4.51. The molecule has 9 heteroatoms. The first-order chi connectivity index (χ1) is 16.8. The number of carbonyl (C=O) groups is 3. The number of nitrogens with one attached hydrogen (secondary N) is 3. The number of ether oxygens (including phenoxy) is 2. The Morgan fingerprint density at radius 1 is 1.06 bits per heavy atom. The molecule has 2 aliphatic heterocycles. The van der Waals surface area contributed by atoms with Crippen molar-refractivity contribution in [3.63, 3.8) is 0 Å². The Hall–Kier alpha value is -3.59. The first-order valence-electron chi connectivity index (χ1n) is 11.9. The van der Waals surface area contributed by atoms with E-state index >= 15 is 0 Å². The molecule has 9 nitrogen and oxygen atoms in total. The molecule has 3 N–H and O–H groups in total. The Morgan fingerprint density at radius 2 is 1.77 bits per heavy atom. The number of fused-ring (bicyclic) bond motifs is 2. The third kappa shape index (κ3) is 5.92. The minimum absolute atomic E-state index is 0.0380. The number of amides is 4. The molecule has 0 unspecified atom stereocenters. The van der Waals surface area contributed by atoms with E-state index < -0.39 is 6.03 Å². The maximum atomic E-state index is 13.3. The molecular weight excluding hydrogens is 448 g/mol. The molecule has 0 aromatic heterocycles. The zero-order valence-corrected chi connectivity index (χ0v) is 20.3. The molecule has 0 saturated carbocycles. The average molecular weight is 481 g/mol. The Kier molecular flexibility index (Phi) is 7.55. The van der Waals surface area contributed by atoms with E-state index in [4.69, 9.17) is 9.47 Å². The smallest absolute Gasteiger partial charge is 0.323 e. The van der Waals surface area contributed by atoms with Gasteiger partial charge in [0, 0.05) is 25.0 Å². The Bertz CT molecular complexity index is 1090. The lowest BCUT2D eigenvalue weighted by Gasteiger charge is -2.42. The van der Waals surface area contributed by atoms with Crippen LogP contribution in [0.5, 0.6) is 5.75 Å². The van der Waals surface area contributed by atoms with Crippen molar-refractivity contribution in [2.24, 2.45) is 0 Å². The molecular formula is C26H32N4O5. The van der Waals surface area contributed by atoms with Crippen molar-refractivity contribution in [1.82, 2.24) is 10.2 Å². The van der Waals surface area contributed by atoms with Crippen LogP contribution in [-0.2, 0) is 9.53 Å². The molecule has 0 radical (unpaired) electrons. The standard InChI is InChI=1S/C26H32N4O5/c1-4-27-24(31)14-19-10-11-21-23(35-19)15-34-22-12-9-18(13-20(22)25(32)30(21)3)29-26(33)28-17-7-5-16(2)6-8-17/h5-9,12-13,19,21,23H,4,10-11,14-15H2,1-3H3,(H,27,31)(H2,28,29,33)/t19-,21-,23-/m0/s1. The number of likely N-dealkylation sites (N-methyl/N-ethyl adjacent to an activating group) is 1. The summed E-state index contributed by atoms with van der Waals surface area (Å²) in [4.78, 5) is 39.5. The molecule has 1 fully saturated rings. The van der Waals surface area contributed by atoms with Gasteiger partial charge in [0.1, 0.15) is 18.5 Å². The number of nitrogens with zero attached hydrogens (tertiary/aromatic N) is 1. The molecule has 1 saturated heterocycles. The number of aryl methyl sites for hydroxylation is 1. The van der Waals surface area contributed by atoms with E-state index in [0.29, 0.717) is 48.5 Å². The van der Waals surface area contributed by atoms with Crippen LogP contribution in [-0.4, -0.2) is 61.2 Å². The van der Waals surface area contributed by atoms with Crippen molar-refractivity contribution in [3.05, 3.63) is 53.6 Å². The predicted molar refractivity (Wildman–Crippen MR) is 133 cm³/mol. The van der Waals surface area contributed by atoms with Crippen LogP contribution in [0.4, 0.5) is 16.2 Å². The van der Waals surface area contributed by atoms with Gasteiger partial charge in [-0.2, -0.15) is 0 Å². The Balaban J connectivity index is 1.44. The van der Waals surface area contributed by atoms with E-state index in [1.165, 1.54) is 0 Å². The van der Waals surface area contributed by atoms with Gasteiger partial charge in [-0.3, -0.25) is 9.59 Å². The first kappa shape index (κ1) is 24.5. The van der Waals surface area contributed by atoms with Gasteiger partial charge in [0.25, 0.3) is 5.91 Å². The molecule has 2 aromatic rings. The lowest BCUT2D eigenvalue weighted by Crippen LogP contribution is -2.54. The number of anilines is 2. The van der Waals surface area contributed by atoms with Gasteiger partial charge < -0.3 is 30.3 Å². The summed E-state index contributed by atoms with van der Waals surface area (Å²) in [6.07, 6.45) is 1.16. The molecule has 35 heavy (non-hydrogen) atoms. The number of benzene rings is 2. The summed E-state index contributed by atoms with van der Waals surface area (Å²) in [6.45, 7) is 4.71. The molecule has 186 valence electrons. The van der Waals surface area contributed by atoms with Crippen LogP contribution in [0.2, 0.25) is 0 Å². The molecule has 2 heterocycles. The van der Waals surface area contributed by atoms with Gasteiger partial charge in [-0.25, -0.2) is 4.79 Å². The summed E-state index contributed by atoms with van der Waals surface area (Å²) in [5.74, 6) is 0.186. The number of carbonyl (C=O) groups excluding carboxylic acids is 3. The van der Waals surface area contributed by atoms with Crippen molar-refractivity contribution in [2.75, 3.05) is 30.8 Å². The van der Waals surface area contributed by atoms with Crippen LogP contribution < -0.4 is 20.7 Å². The number of urea groups is 1. The number of hydrogen-bond donors (Lipinski definition) is 3. The predicted octanol–water partition coefficient (Wildman–Crippen LogP) is 3.55. The van der Waals surface area contributed by atoms with E-state index in [0.717, 1.165) is 5.56 Å². The van der Waals surface area contributed by atoms with Gasteiger partial charge in [0.05, 0.1) is 24.1 Å². The summed E-state index contributed by atoms with van der Waals surface area (Å²) < 4.78 is 12.2. The largest absolute Gasteiger partial charge is 0.490 e. The Morgan fingerprint density at radius 3 is 2.51 bits per heavy atom. The van der Waals surface area contributed by atoms with Gasteiger partial charge in [-0.15, -0.1) is 0 Å². The van der Waals surface area contributed by atoms with E-state index in [-0.39, 0.29) is 36.7 Å². The normalized spacial score (nSPS) is 21.5. The van der Waals surface area contributed by atoms with Gasteiger partial charge in [-0.05, 0) is 57.0 Å². The van der Waals surface area contributed by atoms with E-state index in [9.17, 15) is 14.4 Å². The lowest BCUT2D eigenvalue weighted by atomic mass is 9.94. The van der Waals surface area contributed by atoms with Crippen LogP contribution in [0.15, 0.2) is 42.5 Å². The summed E-state index contributed by atoms with van der Waals surface area (Å²) in [5, 5.41) is 8.36. The quantitative estimate of drug-likeness (QED) is 0.607. The summed E-state index contributed by atoms with van der Waals surface area (Å²) in [6, 6.07) is 11.9. The molecule has 0 bridgehead atoms. The van der Waals surface area contributed by atoms with Crippen molar-refractivity contribution >= 4 is 29.2 Å². The second kappa shape index (κ2) is 10.8. The summed E-state index contributed by atoms with van der Waals surface area (Å²) in [7, 11) is 1.76. The van der Waals surface area contributed by atoms with Crippen molar-refractivity contribution in [3.8, 4) is 5.75 Å². The SMILES string of the molecule is CCNC(=O)C[C@@H]1CC[C@H]2[C@H](COc3ccc(NC(=O)Nc4ccc(C)cc4)cc3C(=O)N2C)O1. The van der Waals surface area contributed by atoms with E-state index in [1.807, 2.05) is 38.1 Å². The van der Waals surface area contributed by atoms with E-state index in [1.54, 1.807) is 30.1 Å². The molecule has 0 spiro atoms. The summed E-state index contributed by atoms with van der Waals surface area (Å²) in [5.41, 5.74) is 2.64.